The van der Waals surface area contributed by atoms with Crippen molar-refractivity contribution in [1.82, 2.24) is 19.9 Å². The van der Waals surface area contributed by atoms with E-state index in [1.54, 1.807) is 10.6 Å². The van der Waals surface area contributed by atoms with E-state index in [9.17, 15) is 4.79 Å². The van der Waals surface area contributed by atoms with Crippen molar-refractivity contribution in [3.05, 3.63) is 28.7 Å². The molecule has 0 saturated carbocycles. The summed E-state index contributed by atoms with van der Waals surface area (Å²) in [4.78, 5) is 16.9. The lowest BCUT2D eigenvalue weighted by Crippen LogP contribution is -2.27. The molecular weight excluding hydrogens is 344 g/mol. The molecule has 2 aromatic heterocycles. The number of ether oxygens (including phenoxy) is 2. The van der Waals surface area contributed by atoms with Crippen LogP contribution in [0.25, 0.3) is 5.65 Å². The Kier molecular flexibility index (Phi) is 4.99. The summed E-state index contributed by atoms with van der Waals surface area (Å²) in [6, 6.07) is 1.65. The molecule has 0 aliphatic carbocycles. The smallest absolute Gasteiger partial charge is 0.342 e. The highest BCUT2D eigenvalue weighted by Crippen LogP contribution is 2.27. The highest BCUT2D eigenvalue weighted by Gasteiger charge is 2.28. The summed E-state index contributed by atoms with van der Waals surface area (Å²) in [7, 11) is 0. The molecule has 3 rings (SSSR count). The minimum absolute atomic E-state index is 0.0933. The van der Waals surface area contributed by atoms with E-state index in [1.165, 1.54) is 6.20 Å². The van der Waals surface area contributed by atoms with E-state index < -0.39 is 11.6 Å². The van der Waals surface area contributed by atoms with Crippen molar-refractivity contribution >= 4 is 23.2 Å². The van der Waals surface area contributed by atoms with Crippen LogP contribution in [0, 0.1) is 0 Å². The minimum Gasteiger partial charge on any atom is -0.456 e. The molecule has 0 radical (unpaired) electrons. The molecule has 0 amide bonds. The summed E-state index contributed by atoms with van der Waals surface area (Å²) in [5.41, 5.74) is 0.885. The Labute approximate surface area is 151 Å². The molecule has 0 aromatic carbocycles. The maximum atomic E-state index is 12.7. The summed E-state index contributed by atoms with van der Waals surface area (Å²) in [5, 5.41) is 7.84. The number of fused-ring (bicyclic) bond motifs is 1. The number of hydrogen-bond acceptors (Lipinski definition) is 6. The van der Waals surface area contributed by atoms with Crippen LogP contribution >= 0.6 is 11.6 Å². The van der Waals surface area contributed by atoms with E-state index >= 15 is 0 Å². The van der Waals surface area contributed by atoms with Crippen LogP contribution in [0.5, 0.6) is 0 Å². The van der Waals surface area contributed by atoms with Crippen molar-refractivity contribution in [3.63, 3.8) is 0 Å². The van der Waals surface area contributed by atoms with Gasteiger partial charge in [0.15, 0.2) is 10.8 Å². The first-order valence-electron chi connectivity index (χ1n) is 8.38. The van der Waals surface area contributed by atoms with Gasteiger partial charge < -0.3 is 14.8 Å². The molecular formula is C17H23ClN4O3. The van der Waals surface area contributed by atoms with Gasteiger partial charge in [-0.15, -0.1) is 0 Å². The standard InChI is InChI=1S/C17H23ClN4O3/c1-10(24-11-5-6-19-8-11)15-12(16(23)25-17(2,3)4)9-20-14-7-13(18)21-22(14)15/h7,9-11,19H,5-6,8H2,1-4H3/t10-,11+/m0/s1. The van der Waals surface area contributed by atoms with Gasteiger partial charge in [-0.25, -0.2) is 14.3 Å². The molecule has 1 saturated heterocycles. The molecule has 136 valence electrons. The van der Waals surface area contributed by atoms with Crippen LogP contribution in [0.15, 0.2) is 12.3 Å². The van der Waals surface area contributed by atoms with Crippen LogP contribution in [-0.4, -0.2) is 45.4 Å². The third-order valence-electron chi connectivity index (χ3n) is 3.91. The van der Waals surface area contributed by atoms with Gasteiger partial charge in [-0.1, -0.05) is 11.6 Å². The Morgan fingerprint density at radius 2 is 2.24 bits per heavy atom. The third-order valence-corrected chi connectivity index (χ3v) is 4.09. The number of rotatable bonds is 4. The van der Waals surface area contributed by atoms with E-state index in [4.69, 9.17) is 21.1 Å². The van der Waals surface area contributed by atoms with E-state index in [0.717, 1.165) is 19.5 Å². The second-order valence-corrected chi connectivity index (χ2v) is 7.58. The second-order valence-electron chi connectivity index (χ2n) is 7.19. The third kappa shape index (κ3) is 4.11. The van der Waals surface area contributed by atoms with Crippen molar-refractivity contribution in [1.29, 1.82) is 0 Å². The fourth-order valence-corrected chi connectivity index (χ4v) is 3.08. The molecule has 0 unspecified atom stereocenters. The summed E-state index contributed by atoms with van der Waals surface area (Å²) in [5.74, 6) is -0.455. The van der Waals surface area contributed by atoms with E-state index in [1.807, 2.05) is 27.7 Å². The predicted octanol–water partition coefficient (Wildman–Crippen LogP) is 2.78. The van der Waals surface area contributed by atoms with Crippen LogP contribution in [0.4, 0.5) is 0 Å². The maximum Gasteiger partial charge on any atom is 0.342 e. The highest BCUT2D eigenvalue weighted by atomic mass is 35.5. The molecule has 2 aromatic rings. The Balaban J connectivity index is 2.01. The lowest BCUT2D eigenvalue weighted by atomic mass is 10.1. The Morgan fingerprint density at radius 1 is 1.48 bits per heavy atom. The molecule has 3 heterocycles. The lowest BCUT2D eigenvalue weighted by molar-refractivity contribution is -0.00234. The average molecular weight is 367 g/mol. The largest absolute Gasteiger partial charge is 0.456 e. The molecule has 1 aliphatic heterocycles. The van der Waals surface area contributed by atoms with Gasteiger partial charge in [-0.05, 0) is 40.7 Å². The lowest BCUT2D eigenvalue weighted by Gasteiger charge is -2.23. The van der Waals surface area contributed by atoms with Crippen molar-refractivity contribution < 1.29 is 14.3 Å². The SMILES string of the molecule is C[C@H](O[C@@H]1CCNC1)c1c(C(=O)OC(C)(C)C)cnc2cc(Cl)nn12. The number of nitrogens with one attached hydrogen (secondary N) is 1. The van der Waals surface area contributed by atoms with Crippen molar-refractivity contribution in [2.24, 2.45) is 0 Å². The quantitative estimate of drug-likeness (QED) is 0.838. The molecule has 7 nitrogen and oxygen atoms in total. The van der Waals surface area contributed by atoms with Crippen LogP contribution in [0.2, 0.25) is 5.15 Å². The number of carbonyl (C=O) groups is 1. The van der Waals surface area contributed by atoms with Gasteiger partial charge in [0.1, 0.15) is 11.2 Å². The summed E-state index contributed by atoms with van der Waals surface area (Å²) in [6.07, 6.45) is 2.16. The molecule has 1 aliphatic rings. The Morgan fingerprint density at radius 3 is 2.88 bits per heavy atom. The number of hydrogen-bond donors (Lipinski definition) is 1. The molecule has 1 N–H and O–H groups in total. The molecule has 2 atom stereocenters. The summed E-state index contributed by atoms with van der Waals surface area (Å²) >= 11 is 6.03. The average Bonchev–Trinajstić information content (AvgIpc) is 3.12. The first-order chi connectivity index (χ1) is 11.7. The Hall–Kier alpha value is -1.70. The van der Waals surface area contributed by atoms with Crippen LogP contribution < -0.4 is 5.32 Å². The number of esters is 1. The fraction of sp³-hybridized carbons (Fsp3) is 0.588. The maximum absolute atomic E-state index is 12.7. The Bertz CT molecular complexity index is 778. The van der Waals surface area contributed by atoms with Crippen molar-refractivity contribution in [2.45, 2.75) is 51.9 Å². The topological polar surface area (TPSA) is 77.8 Å². The van der Waals surface area contributed by atoms with Gasteiger partial charge in [0.2, 0.25) is 0 Å². The monoisotopic (exact) mass is 366 g/mol. The second kappa shape index (κ2) is 6.90. The summed E-state index contributed by atoms with van der Waals surface area (Å²) < 4.78 is 13.2. The highest BCUT2D eigenvalue weighted by molar-refractivity contribution is 6.29. The fourth-order valence-electron chi connectivity index (χ4n) is 2.90. The van der Waals surface area contributed by atoms with E-state index in [0.29, 0.717) is 22.1 Å². The minimum atomic E-state index is -0.607. The molecule has 0 spiro atoms. The number of carbonyl (C=O) groups excluding carboxylic acids is 1. The van der Waals surface area contributed by atoms with Gasteiger partial charge >= 0.3 is 5.97 Å². The van der Waals surface area contributed by atoms with Crippen molar-refractivity contribution in [3.8, 4) is 0 Å². The zero-order valence-corrected chi connectivity index (χ0v) is 15.6. The number of halogens is 1. The molecule has 8 heteroatoms. The van der Waals surface area contributed by atoms with Gasteiger partial charge in [0, 0.05) is 18.8 Å². The number of aromatic nitrogens is 3. The van der Waals surface area contributed by atoms with E-state index in [-0.39, 0.29) is 12.2 Å². The molecule has 1 fully saturated rings. The van der Waals surface area contributed by atoms with E-state index in [2.05, 4.69) is 15.4 Å². The molecule has 25 heavy (non-hydrogen) atoms. The normalized spacial score (nSPS) is 19.3. The van der Waals surface area contributed by atoms with Gasteiger partial charge in [0.05, 0.1) is 17.9 Å². The molecule has 0 bridgehead atoms. The zero-order chi connectivity index (χ0) is 18.2. The first-order valence-corrected chi connectivity index (χ1v) is 8.76. The van der Waals surface area contributed by atoms with Crippen molar-refractivity contribution in [2.75, 3.05) is 13.1 Å². The van der Waals surface area contributed by atoms with Gasteiger partial charge in [-0.3, -0.25) is 0 Å². The van der Waals surface area contributed by atoms with Crippen LogP contribution in [0.3, 0.4) is 0 Å². The van der Waals surface area contributed by atoms with Crippen LogP contribution in [0.1, 0.15) is 56.3 Å². The zero-order valence-electron chi connectivity index (χ0n) is 14.9. The van der Waals surface area contributed by atoms with Gasteiger partial charge in [-0.2, -0.15) is 5.10 Å². The predicted molar refractivity (Wildman–Crippen MR) is 93.9 cm³/mol. The van der Waals surface area contributed by atoms with Crippen LogP contribution in [-0.2, 0) is 9.47 Å². The van der Waals surface area contributed by atoms with Gasteiger partial charge in [0.25, 0.3) is 0 Å². The summed E-state index contributed by atoms with van der Waals surface area (Å²) in [6.45, 7) is 9.09. The number of nitrogens with zero attached hydrogens (tertiary/aromatic N) is 3. The first kappa shape index (κ1) is 18.1.